The molecule has 1 aromatic carbocycles. The van der Waals surface area contributed by atoms with E-state index in [2.05, 4.69) is 61.1 Å². The molecule has 0 radical (unpaired) electrons. The third-order valence-electron chi connectivity index (χ3n) is 3.40. The Hall–Kier alpha value is -1.09. The van der Waals surface area contributed by atoms with Crippen molar-refractivity contribution in [1.29, 1.82) is 0 Å². The molecule has 0 bridgehead atoms. The second-order valence-corrected chi connectivity index (χ2v) is 5.81. The molecule has 0 aliphatic carbocycles. The Kier molecular flexibility index (Phi) is 3.62. The number of hydrogen-bond acceptors (Lipinski definition) is 2. The van der Waals surface area contributed by atoms with Gasteiger partial charge < -0.3 is 5.32 Å². The molecule has 3 heteroatoms. The SMILES string of the molecule is CNc1c(C(C)C)c(C)nc2c(C)c(Br)ccc12. The standard InChI is InChI=1S/C15H19BrN2/c1-8(2)13-10(4)18-14-9(3)12(16)7-6-11(14)15(13)17-5/h6-8H,1-5H3,(H,17,18). The minimum absolute atomic E-state index is 0.466. The highest BCUT2D eigenvalue weighted by atomic mass is 79.9. The van der Waals surface area contributed by atoms with E-state index in [0.717, 1.165) is 15.7 Å². The van der Waals surface area contributed by atoms with Gasteiger partial charge in [-0.05, 0) is 43.0 Å². The van der Waals surface area contributed by atoms with Crippen molar-refractivity contribution in [3.63, 3.8) is 0 Å². The number of nitrogens with one attached hydrogen (secondary N) is 1. The van der Waals surface area contributed by atoms with Gasteiger partial charge in [0.1, 0.15) is 0 Å². The average Bonchev–Trinajstić information content (AvgIpc) is 2.32. The fourth-order valence-corrected chi connectivity index (χ4v) is 2.87. The summed E-state index contributed by atoms with van der Waals surface area (Å²) in [7, 11) is 1.98. The molecule has 2 nitrogen and oxygen atoms in total. The average molecular weight is 307 g/mol. The van der Waals surface area contributed by atoms with Gasteiger partial charge in [0, 0.05) is 28.3 Å². The molecule has 0 aliphatic heterocycles. The van der Waals surface area contributed by atoms with Crippen molar-refractivity contribution in [1.82, 2.24) is 4.98 Å². The highest BCUT2D eigenvalue weighted by Gasteiger charge is 2.16. The highest BCUT2D eigenvalue weighted by molar-refractivity contribution is 9.10. The molecule has 0 saturated heterocycles. The number of anilines is 1. The van der Waals surface area contributed by atoms with Crippen LogP contribution < -0.4 is 5.32 Å². The van der Waals surface area contributed by atoms with Crippen molar-refractivity contribution in [2.45, 2.75) is 33.6 Å². The summed E-state index contributed by atoms with van der Waals surface area (Å²) in [5, 5.41) is 4.55. The summed E-state index contributed by atoms with van der Waals surface area (Å²) in [5.74, 6) is 0.466. The van der Waals surface area contributed by atoms with Crippen LogP contribution in [0.15, 0.2) is 16.6 Å². The molecule has 0 aliphatic rings. The zero-order valence-corrected chi connectivity index (χ0v) is 13.1. The van der Waals surface area contributed by atoms with Crippen LogP contribution in [-0.2, 0) is 0 Å². The van der Waals surface area contributed by atoms with Crippen molar-refractivity contribution in [3.8, 4) is 0 Å². The van der Waals surface area contributed by atoms with Crippen LogP contribution in [0.5, 0.6) is 0 Å². The van der Waals surface area contributed by atoms with E-state index in [1.54, 1.807) is 0 Å². The Morgan fingerprint density at radius 1 is 1.22 bits per heavy atom. The lowest BCUT2D eigenvalue weighted by Crippen LogP contribution is -2.04. The normalized spacial score (nSPS) is 11.3. The molecule has 2 aromatic rings. The predicted octanol–water partition coefficient (Wildman–Crippen LogP) is 4.78. The first-order chi connectivity index (χ1) is 8.47. The van der Waals surface area contributed by atoms with Crippen molar-refractivity contribution < 1.29 is 0 Å². The van der Waals surface area contributed by atoms with Gasteiger partial charge in [0.05, 0.1) is 5.52 Å². The van der Waals surface area contributed by atoms with Gasteiger partial charge in [0.25, 0.3) is 0 Å². The number of pyridine rings is 1. The Bertz CT molecular complexity index is 603. The maximum absolute atomic E-state index is 4.80. The van der Waals surface area contributed by atoms with Crippen molar-refractivity contribution in [2.24, 2.45) is 0 Å². The van der Waals surface area contributed by atoms with Gasteiger partial charge in [-0.1, -0.05) is 29.8 Å². The third kappa shape index (κ3) is 2.01. The molecule has 1 N–H and O–H groups in total. The van der Waals surface area contributed by atoms with Crippen LogP contribution in [0.25, 0.3) is 10.9 Å². The van der Waals surface area contributed by atoms with E-state index in [1.165, 1.54) is 22.2 Å². The molecule has 0 spiro atoms. The molecule has 96 valence electrons. The number of benzene rings is 1. The molecule has 0 saturated carbocycles. The molecule has 1 aromatic heterocycles. The molecule has 18 heavy (non-hydrogen) atoms. The first-order valence-corrected chi connectivity index (χ1v) is 7.03. The highest BCUT2D eigenvalue weighted by Crippen LogP contribution is 2.36. The number of aromatic nitrogens is 1. The van der Waals surface area contributed by atoms with E-state index in [0.29, 0.717) is 5.92 Å². The Labute approximate surface area is 117 Å². The van der Waals surface area contributed by atoms with Crippen LogP contribution >= 0.6 is 15.9 Å². The summed E-state index contributed by atoms with van der Waals surface area (Å²) in [6, 6.07) is 4.23. The van der Waals surface area contributed by atoms with Gasteiger partial charge in [-0.2, -0.15) is 0 Å². The van der Waals surface area contributed by atoms with Crippen LogP contribution in [0.4, 0.5) is 5.69 Å². The summed E-state index contributed by atoms with van der Waals surface area (Å²) in [5.41, 5.74) is 5.91. The molecular formula is C15H19BrN2. The number of aryl methyl sites for hydroxylation is 2. The monoisotopic (exact) mass is 306 g/mol. The molecule has 2 rings (SSSR count). The van der Waals surface area contributed by atoms with Crippen LogP contribution in [0.3, 0.4) is 0 Å². The lowest BCUT2D eigenvalue weighted by Gasteiger charge is -2.19. The third-order valence-corrected chi connectivity index (χ3v) is 4.26. The summed E-state index contributed by atoms with van der Waals surface area (Å²) >= 11 is 3.57. The van der Waals surface area contributed by atoms with Crippen LogP contribution in [0.2, 0.25) is 0 Å². The molecule has 0 amide bonds. The second kappa shape index (κ2) is 4.88. The predicted molar refractivity (Wildman–Crippen MR) is 82.6 cm³/mol. The molecule has 1 heterocycles. The minimum Gasteiger partial charge on any atom is -0.387 e. The quantitative estimate of drug-likeness (QED) is 0.863. The van der Waals surface area contributed by atoms with Crippen molar-refractivity contribution in [2.75, 3.05) is 12.4 Å². The van der Waals surface area contributed by atoms with E-state index in [9.17, 15) is 0 Å². The van der Waals surface area contributed by atoms with Crippen LogP contribution in [0.1, 0.15) is 36.6 Å². The topological polar surface area (TPSA) is 24.9 Å². The van der Waals surface area contributed by atoms with Gasteiger partial charge in [0.2, 0.25) is 0 Å². The van der Waals surface area contributed by atoms with Gasteiger partial charge in [-0.25, -0.2) is 0 Å². The van der Waals surface area contributed by atoms with Gasteiger partial charge in [0.15, 0.2) is 0 Å². The fraction of sp³-hybridized carbons (Fsp3) is 0.400. The number of nitrogens with zero attached hydrogens (tertiary/aromatic N) is 1. The molecule has 0 atom stereocenters. The fourth-order valence-electron chi connectivity index (χ4n) is 2.55. The van der Waals surface area contributed by atoms with E-state index in [-0.39, 0.29) is 0 Å². The Morgan fingerprint density at radius 2 is 1.89 bits per heavy atom. The maximum Gasteiger partial charge on any atom is 0.0766 e. The van der Waals surface area contributed by atoms with E-state index in [4.69, 9.17) is 4.98 Å². The number of halogens is 1. The zero-order chi connectivity index (χ0) is 13.4. The molecule has 0 fully saturated rings. The van der Waals surface area contributed by atoms with E-state index < -0.39 is 0 Å². The van der Waals surface area contributed by atoms with Gasteiger partial charge >= 0.3 is 0 Å². The lowest BCUT2D eigenvalue weighted by atomic mass is 9.96. The van der Waals surface area contributed by atoms with Crippen molar-refractivity contribution >= 4 is 32.5 Å². The zero-order valence-electron chi connectivity index (χ0n) is 11.6. The smallest absolute Gasteiger partial charge is 0.0766 e. The lowest BCUT2D eigenvalue weighted by molar-refractivity contribution is 0.849. The maximum atomic E-state index is 4.80. The molecule has 0 unspecified atom stereocenters. The summed E-state index contributed by atoms with van der Waals surface area (Å²) < 4.78 is 1.11. The van der Waals surface area contributed by atoms with Crippen LogP contribution in [0, 0.1) is 13.8 Å². The Balaban J connectivity index is 2.93. The van der Waals surface area contributed by atoms with Gasteiger partial charge in [-0.3, -0.25) is 4.98 Å². The molecular weight excluding hydrogens is 288 g/mol. The largest absolute Gasteiger partial charge is 0.387 e. The summed E-state index contributed by atoms with van der Waals surface area (Å²) in [4.78, 5) is 4.80. The van der Waals surface area contributed by atoms with Crippen molar-refractivity contribution in [3.05, 3.63) is 33.4 Å². The Morgan fingerprint density at radius 3 is 2.44 bits per heavy atom. The number of fused-ring (bicyclic) bond motifs is 1. The van der Waals surface area contributed by atoms with Crippen LogP contribution in [-0.4, -0.2) is 12.0 Å². The van der Waals surface area contributed by atoms with E-state index >= 15 is 0 Å². The second-order valence-electron chi connectivity index (χ2n) is 4.96. The van der Waals surface area contributed by atoms with Gasteiger partial charge in [-0.15, -0.1) is 0 Å². The number of hydrogen-bond donors (Lipinski definition) is 1. The number of rotatable bonds is 2. The first-order valence-electron chi connectivity index (χ1n) is 6.24. The minimum atomic E-state index is 0.466. The van der Waals surface area contributed by atoms with E-state index in [1.807, 2.05) is 7.05 Å². The summed E-state index contributed by atoms with van der Waals surface area (Å²) in [6.45, 7) is 8.62. The first kappa shape index (κ1) is 13.3. The summed E-state index contributed by atoms with van der Waals surface area (Å²) in [6.07, 6.45) is 0.